The van der Waals surface area contributed by atoms with Crippen LogP contribution in [0.1, 0.15) is 19.4 Å². The number of carbonyl (C=O) groups is 1. The number of allylic oxidation sites excluding steroid dienone is 1. The second-order valence-corrected chi connectivity index (χ2v) is 5.78. The smallest absolute Gasteiger partial charge is 0.244 e. The normalized spacial score (nSPS) is 14.7. The number of halogens is 2. The molecule has 0 saturated carbocycles. The molecule has 116 valence electrons. The molecule has 0 spiro atoms. The highest BCUT2D eigenvalue weighted by molar-refractivity contribution is 7.99. The fourth-order valence-electron chi connectivity index (χ4n) is 1.88. The molecule has 2 N–H and O–H groups in total. The van der Waals surface area contributed by atoms with Crippen molar-refractivity contribution in [1.29, 1.82) is 0 Å². The molecule has 6 heteroatoms. The van der Waals surface area contributed by atoms with E-state index in [0.29, 0.717) is 5.57 Å². The summed E-state index contributed by atoms with van der Waals surface area (Å²) in [5, 5.41) is 11.8. The lowest BCUT2D eigenvalue weighted by molar-refractivity contribution is -0.117. The Morgan fingerprint density at radius 2 is 2.14 bits per heavy atom. The summed E-state index contributed by atoms with van der Waals surface area (Å²) in [6.07, 6.45) is 3.11. The van der Waals surface area contributed by atoms with Gasteiger partial charge < -0.3 is 10.4 Å². The van der Waals surface area contributed by atoms with Gasteiger partial charge in [-0.2, -0.15) is 11.8 Å². The molecular formula is C15H19F2NO2S. The third-order valence-corrected chi connectivity index (χ3v) is 4.28. The molecule has 0 heterocycles. The monoisotopic (exact) mass is 315 g/mol. The van der Waals surface area contributed by atoms with Crippen LogP contribution in [0.5, 0.6) is 0 Å². The number of carbonyl (C=O) groups excluding carboxylic acids is 1. The lowest BCUT2D eigenvalue weighted by Crippen LogP contribution is -2.40. The standard InChI is InChI=1S/C15H19F2NO2S/c1-9(12-5-4-11(16)7-13(12)17)6-15(20)18-10(2)14(8-19)21-3/h4-7,10,14,19H,8H2,1-3H3,(H,18,20)/b9-6-. The highest BCUT2D eigenvalue weighted by Crippen LogP contribution is 2.18. The van der Waals surface area contributed by atoms with Gasteiger partial charge in [0.05, 0.1) is 6.61 Å². The highest BCUT2D eigenvalue weighted by Gasteiger charge is 2.16. The first-order valence-electron chi connectivity index (χ1n) is 6.47. The van der Waals surface area contributed by atoms with E-state index in [9.17, 15) is 13.6 Å². The van der Waals surface area contributed by atoms with E-state index in [1.54, 1.807) is 13.8 Å². The number of hydrogen-bond acceptors (Lipinski definition) is 3. The summed E-state index contributed by atoms with van der Waals surface area (Å²) < 4.78 is 26.4. The maximum absolute atomic E-state index is 13.6. The third kappa shape index (κ3) is 5.13. The zero-order valence-corrected chi connectivity index (χ0v) is 13.0. The first-order valence-corrected chi connectivity index (χ1v) is 7.75. The van der Waals surface area contributed by atoms with Gasteiger partial charge in [0.15, 0.2) is 0 Å². The number of amides is 1. The number of aliphatic hydroxyl groups excluding tert-OH is 1. The van der Waals surface area contributed by atoms with Gasteiger partial charge in [-0.25, -0.2) is 8.78 Å². The topological polar surface area (TPSA) is 49.3 Å². The molecule has 0 aromatic heterocycles. The van der Waals surface area contributed by atoms with Crippen molar-refractivity contribution in [2.75, 3.05) is 12.9 Å². The highest BCUT2D eigenvalue weighted by atomic mass is 32.2. The maximum Gasteiger partial charge on any atom is 0.244 e. The SMILES string of the molecule is CSC(CO)C(C)NC(=O)/C=C(/C)c1ccc(F)cc1F. The Balaban J connectivity index is 2.79. The van der Waals surface area contributed by atoms with Crippen LogP contribution in [0, 0.1) is 11.6 Å². The Kier molecular flexibility index (Phi) is 6.84. The quantitative estimate of drug-likeness (QED) is 0.793. The van der Waals surface area contributed by atoms with Crippen molar-refractivity contribution in [3.05, 3.63) is 41.5 Å². The molecule has 0 aliphatic rings. The first kappa shape index (κ1) is 17.7. The molecule has 1 aromatic carbocycles. The summed E-state index contributed by atoms with van der Waals surface area (Å²) in [5.74, 6) is -1.74. The molecular weight excluding hydrogens is 296 g/mol. The number of hydrogen-bond donors (Lipinski definition) is 2. The van der Waals surface area contributed by atoms with Crippen molar-refractivity contribution in [3.8, 4) is 0 Å². The lowest BCUT2D eigenvalue weighted by Gasteiger charge is -2.20. The fourth-order valence-corrected chi connectivity index (χ4v) is 2.50. The van der Waals surface area contributed by atoms with E-state index < -0.39 is 11.6 Å². The Morgan fingerprint density at radius 1 is 1.48 bits per heavy atom. The molecule has 0 bridgehead atoms. The molecule has 1 amide bonds. The van der Waals surface area contributed by atoms with Crippen LogP contribution in [0.2, 0.25) is 0 Å². The molecule has 0 aliphatic heterocycles. The van der Waals surface area contributed by atoms with Gasteiger partial charge >= 0.3 is 0 Å². The molecule has 21 heavy (non-hydrogen) atoms. The summed E-state index contributed by atoms with van der Waals surface area (Å²) in [6, 6.07) is 3.00. The van der Waals surface area contributed by atoms with Gasteiger partial charge in [-0.15, -0.1) is 0 Å². The minimum Gasteiger partial charge on any atom is -0.395 e. The van der Waals surface area contributed by atoms with Gasteiger partial charge in [0.1, 0.15) is 11.6 Å². The van der Waals surface area contributed by atoms with E-state index in [-0.39, 0.29) is 29.4 Å². The fraction of sp³-hybridized carbons (Fsp3) is 0.400. The van der Waals surface area contributed by atoms with Crippen molar-refractivity contribution in [1.82, 2.24) is 5.32 Å². The van der Waals surface area contributed by atoms with Crippen LogP contribution < -0.4 is 5.32 Å². The van der Waals surface area contributed by atoms with Crippen LogP contribution in [0.15, 0.2) is 24.3 Å². The molecule has 0 aliphatic carbocycles. The molecule has 3 nitrogen and oxygen atoms in total. The average molecular weight is 315 g/mol. The summed E-state index contributed by atoms with van der Waals surface area (Å²) >= 11 is 1.45. The van der Waals surface area contributed by atoms with Gasteiger partial charge in [0.2, 0.25) is 5.91 Å². The van der Waals surface area contributed by atoms with Gasteiger partial charge in [0.25, 0.3) is 0 Å². The number of thioether (sulfide) groups is 1. The summed E-state index contributed by atoms with van der Waals surface area (Å²) in [5.41, 5.74) is 0.588. The Labute approximate surface area is 127 Å². The Bertz CT molecular complexity index is 530. The Morgan fingerprint density at radius 3 is 2.67 bits per heavy atom. The molecule has 0 radical (unpaired) electrons. The zero-order valence-electron chi connectivity index (χ0n) is 12.2. The van der Waals surface area contributed by atoms with E-state index in [1.165, 1.54) is 23.9 Å². The van der Waals surface area contributed by atoms with Crippen LogP contribution in [0.4, 0.5) is 8.78 Å². The van der Waals surface area contributed by atoms with Crippen molar-refractivity contribution < 1.29 is 18.7 Å². The zero-order chi connectivity index (χ0) is 16.0. The van der Waals surface area contributed by atoms with Gasteiger partial charge in [-0.3, -0.25) is 4.79 Å². The van der Waals surface area contributed by atoms with Crippen molar-refractivity contribution in [2.24, 2.45) is 0 Å². The number of aliphatic hydroxyl groups is 1. The van der Waals surface area contributed by atoms with Crippen LogP contribution in [0.3, 0.4) is 0 Å². The molecule has 0 saturated heterocycles. The largest absolute Gasteiger partial charge is 0.395 e. The summed E-state index contributed by atoms with van der Waals surface area (Å²) in [4.78, 5) is 11.9. The Hall–Kier alpha value is -1.40. The maximum atomic E-state index is 13.6. The van der Waals surface area contributed by atoms with Crippen molar-refractivity contribution in [2.45, 2.75) is 25.1 Å². The van der Waals surface area contributed by atoms with E-state index in [0.717, 1.165) is 12.1 Å². The second kappa shape index (κ2) is 8.14. The molecule has 1 aromatic rings. The van der Waals surface area contributed by atoms with Gasteiger partial charge in [0, 0.05) is 29.0 Å². The summed E-state index contributed by atoms with van der Waals surface area (Å²) in [7, 11) is 0. The van der Waals surface area contributed by atoms with Gasteiger partial charge in [-0.1, -0.05) is 0 Å². The van der Waals surface area contributed by atoms with Crippen molar-refractivity contribution in [3.63, 3.8) is 0 Å². The second-order valence-electron chi connectivity index (χ2n) is 4.71. The number of benzene rings is 1. The minimum atomic E-state index is -0.707. The average Bonchev–Trinajstić information content (AvgIpc) is 2.39. The van der Waals surface area contributed by atoms with Crippen LogP contribution in [0.25, 0.3) is 5.57 Å². The summed E-state index contributed by atoms with van der Waals surface area (Å²) in [6.45, 7) is 3.33. The van der Waals surface area contributed by atoms with Crippen LogP contribution in [-0.4, -0.2) is 35.2 Å². The van der Waals surface area contributed by atoms with E-state index in [2.05, 4.69) is 5.32 Å². The van der Waals surface area contributed by atoms with Crippen LogP contribution in [-0.2, 0) is 4.79 Å². The molecule has 2 unspecified atom stereocenters. The van der Waals surface area contributed by atoms with E-state index in [1.807, 2.05) is 6.26 Å². The number of rotatable bonds is 6. The van der Waals surface area contributed by atoms with Crippen molar-refractivity contribution >= 4 is 23.2 Å². The van der Waals surface area contributed by atoms with Gasteiger partial charge in [-0.05, 0) is 37.8 Å². The van der Waals surface area contributed by atoms with E-state index >= 15 is 0 Å². The number of nitrogens with one attached hydrogen (secondary N) is 1. The van der Waals surface area contributed by atoms with Crippen LogP contribution >= 0.6 is 11.8 Å². The van der Waals surface area contributed by atoms with E-state index in [4.69, 9.17) is 5.11 Å². The lowest BCUT2D eigenvalue weighted by atomic mass is 10.1. The predicted octanol–water partition coefficient (Wildman–Crippen LogP) is 2.60. The predicted molar refractivity (Wildman–Crippen MR) is 82.0 cm³/mol. The first-order chi connectivity index (χ1) is 9.88. The molecule has 2 atom stereocenters. The third-order valence-electron chi connectivity index (χ3n) is 3.11. The molecule has 0 fully saturated rings. The minimum absolute atomic E-state index is 0.0437. The molecule has 1 rings (SSSR count).